The summed E-state index contributed by atoms with van der Waals surface area (Å²) in [6, 6.07) is 0. The minimum atomic E-state index is 0.0544. The van der Waals surface area contributed by atoms with E-state index in [1.165, 1.54) is 12.8 Å². The Balaban J connectivity index is 3.30. The molecule has 0 bridgehead atoms. The van der Waals surface area contributed by atoms with E-state index in [0.29, 0.717) is 5.92 Å². The zero-order valence-electron chi connectivity index (χ0n) is 7.17. The summed E-state index contributed by atoms with van der Waals surface area (Å²) in [5.74, 6) is 1.33. The summed E-state index contributed by atoms with van der Waals surface area (Å²) in [6.07, 6.45) is 2.46. The average molecular weight is 161 g/mol. The molecule has 10 heavy (non-hydrogen) atoms. The molecule has 2 heteroatoms. The minimum absolute atomic E-state index is 0.0544. The van der Waals surface area contributed by atoms with Crippen LogP contribution in [-0.2, 0) is 0 Å². The van der Waals surface area contributed by atoms with Crippen LogP contribution >= 0.6 is 12.6 Å². The van der Waals surface area contributed by atoms with Gasteiger partial charge in [-0.25, -0.2) is 0 Å². The highest BCUT2D eigenvalue weighted by Gasteiger charge is 2.07. The lowest BCUT2D eigenvalue weighted by Crippen LogP contribution is -2.21. The van der Waals surface area contributed by atoms with Crippen LogP contribution in [0.5, 0.6) is 0 Å². The zero-order valence-corrected chi connectivity index (χ0v) is 8.07. The lowest BCUT2D eigenvalue weighted by Gasteiger charge is -2.15. The molecule has 62 valence electrons. The maximum Gasteiger partial charge on any atom is 0.0503 e. The monoisotopic (exact) mass is 161 g/mol. The molecule has 0 aliphatic carbocycles. The van der Waals surface area contributed by atoms with Crippen molar-refractivity contribution in [1.82, 2.24) is 0 Å². The Morgan fingerprint density at radius 1 is 1.20 bits per heavy atom. The topological polar surface area (TPSA) is 26.0 Å². The molecule has 0 amide bonds. The van der Waals surface area contributed by atoms with Crippen LogP contribution in [0, 0.1) is 11.8 Å². The van der Waals surface area contributed by atoms with Gasteiger partial charge in [-0.2, -0.15) is 12.6 Å². The zero-order chi connectivity index (χ0) is 8.15. The number of thiol groups is 1. The van der Waals surface area contributed by atoms with Crippen LogP contribution < -0.4 is 5.73 Å². The first-order chi connectivity index (χ1) is 4.54. The van der Waals surface area contributed by atoms with Gasteiger partial charge < -0.3 is 5.73 Å². The van der Waals surface area contributed by atoms with E-state index < -0.39 is 0 Å². The van der Waals surface area contributed by atoms with Crippen LogP contribution in [0.1, 0.15) is 33.6 Å². The number of rotatable bonds is 4. The van der Waals surface area contributed by atoms with Crippen molar-refractivity contribution in [1.29, 1.82) is 0 Å². The van der Waals surface area contributed by atoms with Crippen molar-refractivity contribution in [2.24, 2.45) is 17.6 Å². The highest BCUT2D eigenvalue weighted by atomic mass is 32.1. The molecule has 0 aromatic heterocycles. The molecule has 0 heterocycles. The van der Waals surface area contributed by atoms with Crippen LogP contribution in [0.2, 0.25) is 0 Å². The second-order valence-corrected chi connectivity index (χ2v) is 4.04. The van der Waals surface area contributed by atoms with Gasteiger partial charge in [-0.1, -0.05) is 27.2 Å². The highest BCUT2D eigenvalue weighted by Crippen LogP contribution is 2.15. The predicted octanol–water partition coefficient (Wildman–Crippen LogP) is 2.27. The molecule has 0 fully saturated rings. The number of hydrogen-bond donors (Lipinski definition) is 2. The third kappa shape index (κ3) is 5.12. The van der Waals surface area contributed by atoms with Crippen LogP contribution in [0.3, 0.4) is 0 Å². The van der Waals surface area contributed by atoms with Gasteiger partial charge in [-0.3, -0.25) is 0 Å². The molecule has 0 aliphatic rings. The van der Waals surface area contributed by atoms with Gasteiger partial charge in [-0.05, 0) is 18.3 Å². The maximum atomic E-state index is 5.59. The van der Waals surface area contributed by atoms with Crippen LogP contribution in [0.4, 0.5) is 0 Å². The van der Waals surface area contributed by atoms with Gasteiger partial charge in [0.25, 0.3) is 0 Å². The molecule has 0 spiro atoms. The molecule has 0 aromatic carbocycles. The SMILES string of the molecule is CC(C)CCC(C)C(N)S. The smallest absolute Gasteiger partial charge is 0.0503 e. The average Bonchev–Trinajstić information content (AvgIpc) is 1.82. The van der Waals surface area contributed by atoms with Crippen molar-refractivity contribution < 1.29 is 0 Å². The van der Waals surface area contributed by atoms with E-state index in [0.717, 1.165) is 5.92 Å². The van der Waals surface area contributed by atoms with E-state index in [1.54, 1.807) is 0 Å². The second kappa shape index (κ2) is 5.03. The number of hydrogen-bond acceptors (Lipinski definition) is 2. The van der Waals surface area contributed by atoms with Gasteiger partial charge in [-0.15, -0.1) is 0 Å². The first kappa shape index (κ1) is 10.3. The predicted molar refractivity (Wildman–Crippen MR) is 50.2 cm³/mol. The normalized spacial score (nSPS) is 17.4. The molecule has 0 saturated carbocycles. The van der Waals surface area contributed by atoms with E-state index in [4.69, 9.17) is 5.73 Å². The van der Waals surface area contributed by atoms with Crippen LogP contribution in [0.15, 0.2) is 0 Å². The first-order valence-corrected chi connectivity index (χ1v) is 4.49. The van der Waals surface area contributed by atoms with Gasteiger partial charge >= 0.3 is 0 Å². The molecular formula is C8H19NS. The fourth-order valence-electron chi connectivity index (χ4n) is 0.767. The Bertz CT molecular complexity index is 81.3. The molecule has 0 saturated heterocycles. The third-order valence-corrected chi connectivity index (χ3v) is 2.29. The van der Waals surface area contributed by atoms with Gasteiger partial charge in [0.2, 0.25) is 0 Å². The Labute approximate surface area is 69.8 Å². The molecule has 2 unspecified atom stereocenters. The fraction of sp³-hybridized carbons (Fsp3) is 1.00. The Kier molecular flexibility index (Phi) is 5.18. The quantitative estimate of drug-likeness (QED) is 0.480. The molecule has 1 nitrogen and oxygen atoms in total. The summed E-state index contributed by atoms with van der Waals surface area (Å²) in [5.41, 5.74) is 5.59. The Morgan fingerprint density at radius 3 is 2.00 bits per heavy atom. The molecule has 0 rings (SSSR count). The lowest BCUT2D eigenvalue weighted by molar-refractivity contribution is 0.443. The summed E-state index contributed by atoms with van der Waals surface area (Å²) in [6.45, 7) is 6.62. The molecule has 2 N–H and O–H groups in total. The molecule has 0 aliphatic heterocycles. The lowest BCUT2D eigenvalue weighted by atomic mass is 9.99. The number of nitrogens with two attached hydrogens (primary N) is 1. The molecule has 2 atom stereocenters. The molecular weight excluding hydrogens is 142 g/mol. The van der Waals surface area contributed by atoms with Crippen molar-refractivity contribution >= 4 is 12.6 Å². The van der Waals surface area contributed by atoms with Crippen molar-refractivity contribution in [3.8, 4) is 0 Å². The largest absolute Gasteiger partial charge is 0.319 e. The first-order valence-electron chi connectivity index (χ1n) is 3.97. The standard InChI is InChI=1S/C8H19NS/c1-6(2)4-5-7(3)8(9)10/h6-8,10H,4-5,9H2,1-3H3. The molecule has 0 aromatic rings. The Morgan fingerprint density at radius 2 is 1.70 bits per heavy atom. The van der Waals surface area contributed by atoms with E-state index in [1.807, 2.05) is 0 Å². The minimum Gasteiger partial charge on any atom is -0.319 e. The van der Waals surface area contributed by atoms with Gasteiger partial charge in [0.1, 0.15) is 0 Å². The summed E-state index contributed by atoms with van der Waals surface area (Å²) in [5, 5.41) is 0.0544. The highest BCUT2D eigenvalue weighted by molar-refractivity contribution is 7.80. The van der Waals surface area contributed by atoms with E-state index in [-0.39, 0.29) is 5.37 Å². The summed E-state index contributed by atoms with van der Waals surface area (Å²) in [4.78, 5) is 0. The van der Waals surface area contributed by atoms with E-state index in [2.05, 4.69) is 33.4 Å². The maximum absolute atomic E-state index is 5.59. The van der Waals surface area contributed by atoms with Crippen LogP contribution in [-0.4, -0.2) is 5.37 Å². The van der Waals surface area contributed by atoms with E-state index in [9.17, 15) is 0 Å². The third-order valence-electron chi connectivity index (χ3n) is 1.78. The van der Waals surface area contributed by atoms with Crippen molar-refractivity contribution in [3.05, 3.63) is 0 Å². The van der Waals surface area contributed by atoms with Crippen LogP contribution in [0.25, 0.3) is 0 Å². The van der Waals surface area contributed by atoms with E-state index >= 15 is 0 Å². The summed E-state index contributed by atoms with van der Waals surface area (Å²) < 4.78 is 0. The second-order valence-electron chi connectivity index (χ2n) is 3.44. The van der Waals surface area contributed by atoms with Crippen molar-refractivity contribution in [3.63, 3.8) is 0 Å². The molecule has 0 radical (unpaired) electrons. The van der Waals surface area contributed by atoms with Gasteiger partial charge in [0.15, 0.2) is 0 Å². The Hall–Kier alpha value is 0.310. The van der Waals surface area contributed by atoms with Gasteiger partial charge in [0, 0.05) is 0 Å². The fourth-order valence-corrected chi connectivity index (χ4v) is 0.916. The summed E-state index contributed by atoms with van der Waals surface area (Å²) in [7, 11) is 0. The summed E-state index contributed by atoms with van der Waals surface area (Å²) >= 11 is 4.17. The van der Waals surface area contributed by atoms with Gasteiger partial charge in [0.05, 0.1) is 5.37 Å². The van der Waals surface area contributed by atoms with Crippen molar-refractivity contribution in [2.75, 3.05) is 0 Å². The van der Waals surface area contributed by atoms with Crippen molar-refractivity contribution in [2.45, 2.75) is 39.0 Å².